The largest absolute Gasteiger partial charge is 0.375 e. The minimum Gasteiger partial charge on any atom is -0.375 e. The number of rotatable bonds is 5. The second kappa shape index (κ2) is 7.33. The lowest BCUT2D eigenvalue weighted by Gasteiger charge is -2.40. The predicted octanol–water partition coefficient (Wildman–Crippen LogP) is 1.67. The molecule has 0 unspecified atom stereocenters. The minimum absolute atomic E-state index is 0.391. The number of methoxy groups -OCH3 is 1. The molecule has 0 spiro atoms. The zero-order valence-corrected chi connectivity index (χ0v) is 13.0. The van der Waals surface area contributed by atoms with Crippen LogP contribution in [-0.4, -0.2) is 59.3 Å². The number of nitrogens with zero attached hydrogens (tertiary/aromatic N) is 4. The van der Waals surface area contributed by atoms with Crippen LogP contribution in [0.1, 0.15) is 43.8 Å². The van der Waals surface area contributed by atoms with Gasteiger partial charge in [-0.15, -0.1) is 0 Å². The van der Waals surface area contributed by atoms with Crippen LogP contribution in [0, 0.1) is 0 Å². The highest BCUT2D eigenvalue weighted by Crippen LogP contribution is 2.23. The fraction of sp³-hybridized carbons (Fsp3) is 0.867. The van der Waals surface area contributed by atoms with E-state index in [4.69, 9.17) is 9.26 Å². The lowest BCUT2D eigenvalue weighted by molar-refractivity contribution is 0.0739. The van der Waals surface area contributed by atoms with Gasteiger partial charge < -0.3 is 9.26 Å². The van der Waals surface area contributed by atoms with Crippen molar-refractivity contribution in [3.05, 3.63) is 11.7 Å². The van der Waals surface area contributed by atoms with Crippen LogP contribution < -0.4 is 0 Å². The van der Waals surface area contributed by atoms with Gasteiger partial charge in [-0.3, -0.25) is 9.80 Å². The lowest BCUT2D eigenvalue weighted by Crippen LogP contribution is -2.50. The summed E-state index contributed by atoms with van der Waals surface area (Å²) >= 11 is 0. The first-order valence-corrected chi connectivity index (χ1v) is 8.12. The molecule has 21 heavy (non-hydrogen) atoms. The summed E-state index contributed by atoms with van der Waals surface area (Å²) in [6.45, 7) is 5.73. The maximum absolute atomic E-state index is 5.14. The van der Waals surface area contributed by atoms with Crippen LogP contribution in [0.5, 0.6) is 0 Å². The fourth-order valence-corrected chi connectivity index (χ4v) is 3.47. The van der Waals surface area contributed by atoms with Crippen molar-refractivity contribution in [2.45, 2.75) is 51.3 Å². The Labute approximate surface area is 126 Å². The van der Waals surface area contributed by atoms with Gasteiger partial charge in [0.05, 0.1) is 6.54 Å². The third kappa shape index (κ3) is 4.02. The van der Waals surface area contributed by atoms with E-state index in [1.165, 1.54) is 45.2 Å². The predicted molar refractivity (Wildman–Crippen MR) is 78.7 cm³/mol. The number of hydrogen-bond donors (Lipinski definition) is 0. The van der Waals surface area contributed by atoms with E-state index < -0.39 is 0 Å². The summed E-state index contributed by atoms with van der Waals surface area (Å²) in [5.74, 6) is 1.33. The molecule has 1 aromatic rings. The highest BCUT2D eigenvalue weighted by molar-refractivity contribution is 4.87. The van der Waals surface area contributed by atoms with Crippen LogP contribution in [-0.2, 0) is 17.9 Å². The van der Waals surface area contributed by atoms with E-state index in [0.717, 1.165) is 31.5 Å². The summed E-state index contributed by atoms with van der Waals surface area (Å²) in [6.07, 6.45) is 7.04. The molecular weight excluding hydrogens is 268 g/mol. The van der Waals surface area contributed by atoms with Crippen LogP contribution in [0.25, 0.3) is 0 Å². The van der Waals surface area contributed by atoms with Crippen molar-refractivity contribution in [3.8, 4) is 0 Å². The molecule has 1 aliphatic heterocycles. The van der Waals surface area contributed by atoms with Gasteiger partial charge in [0.2, 0.25) is 0 Å². The van der Waals surface area contributed by atoms with Gasteiger partial charge in [-0.1, -0.05) is 24.4 Å². The zero-order chi connectivity index (χ0) is 14.5. The summed E-state index contributed by atoms with van der Waals surface area (Å²) in [4.78, 5) is 9.45. The van der Waals surface area contributed by atoms with Gasteiger partial charge in [-0.05, 0) is 12.8 Å². The molecule has 0 aromatic carbocycles. The Morgan fingerprint density at radius 2 is 1.90 bits per heavy atom. The molecule has 2 aliphatic rings. The second-order valence-corrected chi connectivity index (χ2v) is 6.14. The van der Waals surface area contributed by atoms with Crippen molar-refractivity contribution in [2.24, 2.45) is 0 Å². The molecule has 0 atom stereocenters. The average molecular weight is 294 g/mol. The lowest BCUT2D eigenvalue weighted by atomic mass is 9.94. The molecule has 1 aromatic heterocycles. The van der Waals surface area contributed by atoms with Gasteiger partial charge >= 0.3 is 0 Å². The van der Waals surface area contributed by atoms with Crippen LogP contribution in [0.3, 0.4) is 0 Å². The molecule has 0 radical (unpaired) electrons. The van der Waals surface area contributed by atoms with Crippen molar-refractivity contribution in [1.29, 1.82) is 0 Å². The number of ether oxygens (including phenoxy) is 1. The van der Waals surface area contributed by atoms with Gasteiger partial charge in [-0.2, -0.15) is 4.98 Å². The van der Waals surface area contributed by atoms with Crippen molar-refractivity contribution in [2.75, 3.05) is 33.3 Å². The highest BCUT2D eigenvalue weighted by atomic mass is 16.5. The maximum atomic E-state index is 5.14. The molecule has 6 nitrogen and oxygen atoms in total. The van der Waals surface area contributed by atoms with Crippen LogP contribution >= 0.6 is 0 Å². The topological polar surface area (TPSA) is 54.6 Å². The van der Waals surface area contributed by atoms with Crippen LogP contribution in [0.15, 0.2) is 4.52 Å². The molecule has 3 rings (SSSR count). The molecule has 0 bridgehead atoms. The minimum atomic E-state index is 0.391. The van der Waals surface area contributed by atoms with Crippen molar-refractivity contribution in [1.82, 2.24) is 19.9 Å². The van der Waals surface area contributed by atoms with E-state index in [1.807, 2.05) is 0 Å². The highest BCUT2D eigenvalue weighted by Gasteiger charge is 2.25. The second-order valence-electron chi connectivity index (χ2n) is 6.14. The Kier molecular flexibility index (Phi) is 5.22. The molecular formula is C15H26N4O2. The van der Waals surface area contributed by atoms with Gasteiger partial charge in [0, 0.05) is 39.3 Å². The Morgan fingerprint density at radius 3 is 2.62 bits per heavy atom. The first-order chi connectivity index (χ1) is 10.3. The molecule has 6 heteroatoms. The van der Waals surface area contributed by atoms with Crippen LogP contribution in [0.4, 0.5) is 0 Å². The Morgan fingerprint density at radius 1 is 1.14 bits per heavy atom. The first kappa shape index (κ1) is 14.9. The van der Waals surface area contributed by atoms with Gasteiger partial charge in [-0.25, -0.2) is 0 Å². The first-order valence-electron chi connectivity index (χ1n) is 8.12. The Hall–Kier alpha value is -0.980. The van der Waals surface area contributed by atoms with Gasteiger partial charge in [0.25, 0.3) is 5.89 Å². The SMILES string of the molecule is COCc1nc(CN2CCN(C3CCCCC3)CC2)no1. The Balaban J connectivity index is 1.44. The molecule has 118 valence electrons. The van der Waals surface area contributed by atoms with Crippen molar-refractivity contribution in [3.63, 3.8) is 0 Å². The number of aromatic nitrogens is 2. The van der Waals surface area contributed by atoms with Crippen molar-refractivity contribution < 1.29 is 9.26 Å². The molecule has 0 N–H and O–H groups in total. The molecule has 0 amide bonds. The third-order valence-corrected chi connectivity index (χ3v) is 4.64. The Bertz CT molecular complexity index is 423. The van der Waals surface area contributed by atoms with Crippen molar-refractivity contribution >= 4 is 0 Å². The van der Waals surface area contributed by atoms with E-state index in [-0.39, 0.29) is 0 Å². The molecule has 1 aliphatic carbocycles. The van der Waals surface area contributed by atoms with Gasteiger partial charge in [0.1, 0.15) is 6.61 Å². The molecule has 1 saturated heterocycles. The third-order valence-electron chi connectivity index (χ3n) is 4.64. The van der Waals surface area contributed by atoms with Gasteiger partial charge in [0.15, 0.2) is 5.82 Å². The summed E-state index contributed by atoms with van der Waals surface area (Å²) in [5, 5.41) is 4.02. The number of hydrogen-bond acceptors (Lipinski definition) is 6. The average Bonchev–Trinajstić information content (AvgIpc) is 2.97. The fourth-order valence-electron chi connectivity index (χ4n) is 3.47. The zero-order valence-electron chi connectivity index (χ0n) is 13.0. The quantitative estimate of drug-likeness (QED) is 0.823. The van der Waals surface area contributed by atoms with E-state index >= 15 is 0 Å². The normalized spacial score (nSPS) is 22.7. The summed E-state index contributed by atoms with van der Waals surface area (Å²) in [7, 11) is 1.63. The molecule has 1 saturated carbocycles. The van der Waals surface area contributed by atoms with E-state index in [1.54, 1.807) is 7.11 Å². The number of piperazine rings is 1. The molecule has 2 fully saturated rings. The summed E-state index contributed by atoms with van der Waals surface area (Å²) in [6, 6.07) is 0.833. The standard InChI is InChI=1S/C15H26N4O2/c1-20-12-15-16-14(17-21-15)11-18-7-9-19(10-8-18)13-5-3-2-4-6-13/h13H,2-12H2,1H3. The summed E-state index contributed by atoms with van der Waals surface area (Å²) < 4.78 is 10.1. The summed E-state index contributed by atoms with van der Waals surface area (Å²) in [5.41, 5.74) is 0. The monoisotopic (exact) mass is 294 g/mol. The molecule has 2 heterocycles. The van der Waals surface area contributed by atoms with E-state index in [9.17, 15) is 0 Å². The van der Waals surface area contributed by atoms with E-state index in [0.29, 0.717) is 12.5 Å². The smallest absolute Gasteiger partial charge is 0.252 e. The van der Waals surface area contributed by atoms with E-state index in [2.05, 4.69) is 19.9 Å². The van der Waals surface area contributed by atoms with Crippen LogP contribution in [0.2, 0.25) is 0 Å². The maximum Gasteiger partial charge on any atom is 0.252 e.